The second kappa shape index (κ2) is 5.96. The van der Waals surface area contributed by atoms with E-state index in [-0.39, 0.29) is 6.04 Å². The van der Waals surface area contributed by atoms with Gasteiger partial charge < -0.3 is 5.32 Å². The van der Waals surface area contributed by atoms with Crippen molar-refractivity contribution in [1.82, 2.24) is 10.3 Å². The first-order chi connectivity index (χ1) is 8.16. The molecule has 0 aliphatic rings. The minimum absolute atomic E-state index is 0.208. The maximum Gasteiger partial charge on any atom is 0.106 e. The highest BCUT2D eigenvalue weighted by atomic mass is 79.9. The highest BCUT2D eigenvalue weighted by molar-refractivity contribution is 9.10. The van der Waals surface area contributed by atoms with Crippen molar-refractivity contribution < 1.29 is 0 Å². The van der Waals surface area contributed by atoms with Gasteiger partial charge in [0.2, 0.25) is 0 Å². The van der Waals surface area contributed by atoms with E-state index in [1.54, 1.807) is 11.3 Å². The van der Waals surface area contributed by atoms with Crippen molar-refractivity contribution in [3.8, 4) is 0 Å². The molecule has 2 aromatic rings. The Bertz CT molecular complexity index is 487. The van der Waals surface area contributed by atoms with Crippen molar-refractivity contribution in [2.24, 2.45) is 0 Å². The molecule has 1 aromatic heterocycles. The number of aromatic nitrogens is 1. The van der Waals surface area contributed by atoms with Crippen molar-refractivity contribution in [2.45, 2.75) is 19.5 Å². The van der Waals surface area contributed by atoms with Crippen molar-refractivity contribution in [1.29, 1.82) is 0 Å². The summed E-state index contributed by atoms with van der Waals surface area (Å²) in [4.78, 5) is 4.23. The van der Waals surface area contributed by atoms with Gasteiger partial charge in [-0.15, -0.1) is 11.3 Å². The summed E-state index contributed by atoms with van der Waals surface area (Å²) in [5.74, 6) is 0. The number of nitrogens with one attached hydrogen (secondary N) is 1. The molecule has 0 aliphatic heterocycles. The Morgan fingerprint density at radius 2 is 2.35 bits per heavy atom. The fourth-order valence-corrected chi connectivity index (χ4v) is 2.95. The first-order valence-electron chi connectivity index (χ1n) is 5.23. The summed E-state index contributed by atoms with van der Waals surface area (Å²) in [5, 5.41) is 7.25. The molecule has 0 saturated heterocycles. The van der Waals surface area contributed by atoms with Crippen molar-refractivity contribution in [2.75, 3.05) is 0 Å². The Morgan fingerprint density at radius 3 is 3.00 bits per heavy atom. The maximum absolute atomic E-state index is 6.20. The van der Waals surface area contributed by atoms with E-state index in [0.717, 1.165) is 26.6 Å². The Morgan fingerprint density at radius 1 is 1.53 bits per heavy atom. The van der Waals surface area contributed by atoms with Gasteiger partial charge in [-0.05, 0) is 24.6 Å². The summed E-state index contributed by atoms with van der Waals surface area (Å²) >= 11 is 11.3. The molecule has 0 fully saturated rings. The Hall–Kier alpha value is -0.420. The molecule has 1 unspecified atom stereocenters. The molecule has 2 nitrogen and oxygen atoms in total. The van der Waals surface area contributed by atoms with Crippen LogP contribution in [0.5, 0.6) is 0 Å². The molecule has 1 atom stereocenters. The van der Waals surface area contributed by atoms with Gasteiger partial charge in [0.1, 0.15) is 5.01 Å². The predicted molar refractivity (Wildman–Crippen MR) is 76.5 cm³/mol. The lowest BCUT2D eigenvalue weighted by Crippen LogP contribution is -2.18. The molecule has 2 rings (SSSR count). The number of nitrogens with zero attached hydrogens (tertiary/aromatic N) is 1. The predicted octanol–water partition coefficient (Wildman–Crippen LogP) is 4.41. The highest BCUT2D eigenvalue weighted by Crippen LogP contribution is 2.26. The minimum Gasteiger partial charge on any atom is -0.304 e. The zero-order chi connectivity index (χ0) is 12.3. The minimum atomic E-state index is 0.208. The van der Waals surface area contributed by atoms with Gasteiger partial charge in [-0.2, -0.15) is 0 Å². The Labute approximate surface area is 118 Å². The van der Waals surface area contributed by atoms with Gasteiger partial charge in [0.15, 0.2) is 0 Å². The lowest BCUT2D eigenvalue weighted by atomic mass is 10.1. The third-order valence-corrected chi connectivity index (χ3v) is 4.07. The number of hydrogen-bond acceptors (Lipinski definition) is 3. The van der Waals surface area contributed by atoms with Crippen LogP contribution in [0, 0.1) is 0 Å². The lowest BCUT2D eigenvalue weighted by Gasteiger charge is -2.15. The van der Waals surface area contributed by atoms with Gasteiger partial charge in [0.25, 0.3) is 0 Å². The van der Waals surface area contributed by atoms with E-state index in [1.165, 1.54) is 0 Å². The normalized spacial score (nSPS) is 12.6. The molecule has 0 aliphatic carbocycles. The van der Waals surface area contributed by atoms with Crippen LogP contribution in [-0.2, 0) is 6.54 Å². The summed E-state index contributed by atoms with van der Waals surface area (Å²) in [6.45, 7) is 2.87. The third-order valence-electron chi connectivity index (χ3n) is 2.47. The Balaban J connectivity index is 2.01. The van der Waals surface area contributed by atoms with Crippen LogP contribution in [-0.4, -0.2) is 4.98 Å². The first-order valence-corrected chi connectivity index (χ1v) is 7.28. The molecule has 0 spiro atoms. The highest BCUT2D eigenvalue weighted by Gasteiger charge is 2.09. The van der Waals surface area contributed by atoms with Gasteiger partial charge in [-0.3, -0.25) is 0 Å². The zero-order valence-corrected chi connectivity index (χ0v) is 12.4. The van der Waals surface area contributed by atoms with E-state index in [4.69, 9.17) is 11.6 Å². The smallest absolute Gasteiger partial charge is 0.106 e. The number of rotatable bonds is 4. The van der Waals surface area contributed by atoms with E-state index >= 15 is 0 Å². The van der Waals surface area contributed by atoms with E-state index in [0.29, 0.717) is 0 Å². The summed E-state index contributed by atoms with van der Waals surface area (Å²) in [5.41, 5.74) is 1.10. The van der Waals surface area contributed by atoms with Crippen LogP contribution in [0.15, 0.2) is 34.2 Å². The molecule has 0 bridgehead atoms. The average Bonchev–Trinajstić information content (AvgIpc) is 2.78. The lowest BCUT2D eigenvalue weighted by molar-refractivity contribution is 0.573. The molecule has 5 heteroatoms. The molecule has 0 saturated carbocycles. The van der Waals surface area contributed by atoms with Crippen LogP contribution in [0.2, 0.25) is 5.02 Å². The number of halogens is 2. The second-order valence-electron chi connectivity index (χ2n) is 3.69. The fraction of sp³-hybridized carbons (Fsp3) is 0.250. The molecule has 0 radical (unpaired) electrons. The average molecular weight is 332 g/mol. The van der Waals surface area contributed by atoms with Gasteiger partial charge in [0, 0.05) is 33.7 Å². The van der Waals surface area contributed by atoms with E-state index in [1.807, 2.05) is 29.8 Å². The number of hydrogen-bond donors (Lipinski definition) is 1. The standard InChI is InChI=1S/C12H12BrClN2S/c1-8(16-7-12-15-4-5-17-12)10-3-2-9(13)6-11(10)14/h2-6,8,16H,7H2,1H3. The monoisotopic (exact) mass is 330 g/mol. The Kier molecular flexibility index (Phi) is 4.56. The van der Waals surface area contributed by atoms with Gasteiger partial charge in [0.05, 0.1) is 0 Å². The zero-order valence-electron chi connectivity index (χ0n) is 9.28. The molecule has 17 heavy (non-hydrogen) atoms. The SMILES string of the molecule is CC(NCc1nccs1)c1ccc(Br)cc1Cl. The molecule has 1 aromatic carbocycles. The summed E-state index contributed by atoms with van der Waals surface area (Å²) in [6.07, 6.45) is 1.82. The summed E-state index contributed by atoms with van der Waals surface area (Å²) in [7, 11) is 0. The van der Waals surface area contributed by atoms with Crippen molar-refractivity contribution >= 4 is 38.9 Å². The van der Waals surface area contributed by atoms with Gasteiger partial charge in [-0.1, -0.05) is 33.6 Å². The van der Waals surface area contributed by atoms with Crippen LogP contribution >= 0.6 is 38.9 Å². The topological polar surface area (TPSA) is 24.9 Å². The largest absolute Gasteiger partial charge is 0.304 e. The van der Waals surface area contributed by atoms with Gasteiger partial charge in [-0.25, -0.2) is 4.98 Å². The van der Waals surface area contributed by atoms with Crippen LogP contribution < -0.4 is 5.32 Å². The maximum atomic E-state index is 6.20. The fourth-order valence-electron chi connectivity index (χ4n) is 1.54. The van der Waals surface area contributed by atoms with Gasteiger partial charge >= 0.3 is 0 Å². The second-order valence-corrected chi connectivity index (χ2v) is 6.00. The molecule has 1 heterocycles. The first kappa shape index (κ1) is 13.0. The molecule has 0 amide bonds. The van der Waals surface area contributed by atoms with E-state index < -0.39 is 0 Å². The van der Waals surface area contributed by atoms with Crippen molar-refractivity contribution in [3.63, 3.8) is 0 Å². The quantitative estimate of drug-likeness (QED) is 0.897. The molecule has 90 valence electrons. The van der Waals surface area contributed by atoms with E-state index in [9.17, 15) is 0 Å². The molecular formula is C12H12BrClN2S. The molecule has 1 N–H and O–H groups in total. The van der Waals surface area contributed by atoms with Crippen LogP contribution in [0.3, 0.4) is 0 Å². The number of thiazole rings is 1. The van der Waals surface area contributed by atoms with Crippen LogP contribution in [0.4, 0.5) is 0 Å². The van der Waals surface area contributed by atoms with Crippen molar-refractivity contribution in [3.05, 3.63) is 49.8 Å². The molecular weight excluding hydrogens is 320 g/mol. The van der Waals surface area contributed by atoms with Crippen LogP contribution in [0.1, 0.15) is 23.5 Å². The van der Waals surface area contributed by atoms with Crippen LogP contribution in [0.25, 0.3) is 0 Å². The number of benzene rings is 1. The summed E-state index contributed by atoms with van der Waals surface area (Å²) in [6, 6.07) is 6.16. The van der Waals surface area contributed by atoms with E-state index in [2.05, 4.69) is 33.2 Å². The summed E-state index contributed by atoms with van der Waals surface area (Å²) < 4.78 is 0.998. The third kappa shape index (κ3) is 3.52.